The molecule has 0 aromatic heterocycles. The largest absolute Gasteiger partial charge is 1.00 e. The molecule has 38 valence electrons. The van der Waals surface area contributed by atoms with Gasteiger partial charge in [-0.3, -0.25) is 0 Å². The van der Waals surface area contributed by atoms with Crippen LogP contribution < -0.4 is 51.4 Å². The van der Waals surface area contributed by atoms with Gasteiger partial charge in [0.1, 0.15) is 0 Å². The predicted octanol–water partition coefficient (Wildman–Crippen LogP) is -1.17. The summed E-state index contributed by atoms with van der Waals surface area (Å²) in [6.07, 6.45) is 4.57. The number of hydrogen-bond donors (Lipinski definition) is 0. The van der Waals surface area contributed by atoms with Gasteiger partial charge in [-0.25, -0.2) is 0 Å². The Labute approximate surface area is 95.9 Å². The summed E-state index contributed by atoms with van der Waals surface area (Å²) in [6.45, 7) is 0. The summed E-state index contributed by atoms with van der Waals surface area (Å²) in [7, 11) is 0. The Morgan fingerprint density at radius 3 is 1.71 bits per heavy atom. The first-order valence-corrected chi connectivity index (χ1v) is 5.00. The van der Waals surface area contributed by atoms with E-state index in [0.717, 1.165) is 15.0 Å². The Morgan fingerprint density at radius 2 is 1.57 bits per heavy atom. The molecule has 0 bridgehead atoms. The van der Waals surface area contributed by atoms with E-state index < -0.39 is 0 Å². The van der Waals surface area contributed by atoms with Crippen molar-refractivity contribution in [2.24, 2.45) is 0 Å². The van der Waals surface area contributed by atoms with Gasteiger partial charge in [0.15, 0.2) is 0 Å². The second kappa shape index (κ2) is 6.28. The molecule has 0 atom stereocenters. The molecule has 1 saturated heterocycles. The number of hydrogen-bond acceptors (Lipinski definition) is 0. The zero-order valence-corrected chi connectivity index (χ0v) is 9.78. The summed E-state index contributed by atoms with van der Waals surface area (Å²) in [4.78, 5) is 0. The van der Waals surface area contributed by atoms with Gasteiger partial charge < -0.3 is 1.43 Å². The van der Waals surface area contributed by atoms with E-state index in [1.165, 1.54) is 19.3 Å². The fraction of sp³-hybridized carbons (Fsp3) is 1.00. The van der Waals surface area contributed by atoms with E-state index in [0.29, 0.717) is 0 Å². The molecular weight excluding hydrogens is 178 g/mol. The molecule has 0 nitrogen and oxygen atoms in total. The molecule has 0 radical (unpaired) electrons. The molecule has 0 aromatic carbocycles. The van der Waals surface area contributed by atoms with Gasteiger partial charge in [-0.2, -0.15) is 0 Å². The summed E-state index contributed by atoms with van der Waals surface area (Å²) >= 11 is 1.05. The molecule has 1 fully saturated rings. The summed E-state index contributed by atoms with van der Waals surface area (Å²) < 4.78 is 0. The third-order valence-corrected chi connectivity index (χ3v) is 3.50. The van der Waals surface area contributed by atoms with E-state index >= 15 is 0 Å². The molecule has 0 saturated carbocycles. The summed E-state index contributed by atoms with van der Waals surface area (Å²) in [5.41, 5.74) is 0. The normalized spacial score (nSPS) is 20.6. The van der Waals surface area contributed by atoms with Crippen LogP contribution in [-0.4, -0.2) is 15.0 Å². The number of rotatable bonds is 0. The van der Waals surface area contributed by atoms with Gasteiger partial charge >= 0.3 is 96.2 Å². The van der Waals surface area contributed by atoms with Crippen LogP contribution >= 0.6 is 0 Å². The fourth-order valence-electron chi connectivity index (χ4n) is 0.687. The van der Waals surface area contributed by atoms with Crippen molar-refractivity contribution in [3.8, 4) is 0 Å². The van der Waals surface area contributed by atoms with E-state index in [9.17, 15) is 0 Å². The maximum Gasteiger partial charge on any atom is 1.00 e. The van der Waals surface area contributed by atoms with E-state index in [1.54, 1.807) is 10.6 Å². The molecule has 0 N–H and O–H groups in total. The fourth-order valence-corrected chi connectivity index (χ4v) is 2.83. The molecule has 0 amide bonds. The van der Waals surface area contributed by atoms with Crippen LogP contribution in [0.1, 0.15) is 20.7 Å². The van der Waals surface area contributed by atoms with Gasteiger partial charge in [0, 0.05) is 0 Å². The van der Waals surface area contributed by atoms with Crippen molar-refractivity contribution in [1.82, 2.24) is 0 Å². The zero-order valence-electron chi connectivity index (χ0n) is 5.94. The van der Waals surface area contributed by atoms with Gasteiger partial charge in [-0.1, -0.05) is 0 Å². The van der Waals surface area contributed by atoms with Crippen molar-refractivity contribution < 1.29 is 52.8 Å². The standard InChI is InChI=1S/C5H10Se.K.H/c1-2-4-6-5-3-1;;/h1-5H2;;/q;+1;-1. The Kier molecular flexibility index (Phi) is 8.21. The predicted molar refractivity (Wildman–Crippen MR) is 30.3 cm³/mol. The van der Waals surface area contributed by atoms with Gasteiger partial charge in [-0.05, 0) is 0 Å². The van der Waals surface area contributed by atoms with Crippen molar-refractivity contribution in [2.75, 3.05) is 0 Å². The first kappa shape index (κ1) is 9.16. The second-order valence-corrected chi connectivity index (χ2v) is 4.24. The molecule has 1 aliphatic heterocycles. The smallest absolute Gasteiger partial charge is 1.00 e. The van der Waals surface area contributed by atoms with Crippen LogP contribution in [-0.2, 0) is 0 Å². The topological polar surface area (TPSA) is 0 Å². The van der Waals surface area contributed by atoms with Crippen LogP contribution in [0.15, 0.2) is 0 Å². The minimum absolute atomic E-state index is 0. The van der Waals surface area contributed by atoms with Crippen LogP contribution in [0.4, 0.5) is 0 Å². The maximum absolute atomic E-state index is 1.56. The van der Waals surface area contributed by atoms with E-state index in [1.807, 2.05) is 0 Å². The SMILES string of the molecule is C1CC[Se]CC1.[H-].[K+]. The molecule has 2 heteroatoms. The van der Waals surface area contributed by atoms with Crippen LogP contribution in [0.2, 0.25) is 10.6 Å². The quantitative estimate of drug-likeness (QED) is 0.421. The molecule has 1 rings (SSSR count). The summed E-state index contributed by atoms with van der Waals surface area (Å²) in [5.74, 6) is 0. The average Bonchev–Trinajstić information content (AvgIpc) is 1.72. The van der Waals surface area contributed by atoms with Gasteiger partial charge in [0.25, 0.3) is 0 Å². The molecule has 1 aliphatic rings. The van der Waals surface area contributed by atoms with Crippen LogP contribution in [0.5, 0.6) is 0 Å². The Balaban J connectivity index is 0. The summed E-state index contributed by atoms with van der Waals surface area (Å²) in [5, 5.41) is 3.12. The van der Waals surface area contributed by atoms with Gasteiger partial charge in [0.05, 0.1) is 0 Å². The van der Waals surface area contributed by atoms with Crippen LogP contribution in [0.25, 0.3) is 0 Å². The van der Waals surface area contributed by atoms with E-state index in [-0.39, 0.29) is 52.8 Å². The van der Waals surface area contributed by atoms with E-state index in [4.69, 9.17) is 0 Å². The third kappa shape index (κ3) is 4.65. The maximum atomic E-state index is 1.56. The molecule has 0 aliphatic carbocycles. The van der Waals surface area contributed by atoms with Crippen molar-refractivity contribution in [3.05, 3.63) is 0 Å². The molecule has 0 aromatic rings. The summed E-state index contributed by atoms with van der Waals surface area (Å²) in [6, 6.07) is 0. The van der Waals surface area contributed by atoms with Gasteiger partial charge in [-0.15, -0.1) is 0 Å². The van der Waals surface area contributed by atoms with Crippen molar-refractivity contribution in [3.63, 3.8) is 0 Å². The molecule has 0 unspecified atom stereocenters. The minimum Gasteiger partial charge on any atom is -1.00 e. The second-order valence-electron chi connectivity index (χ2n) is 1.67. The van der Waals surface area contributed by atoms with Crippen LogP contribution in [0.3, 0.4) is 0 Å². The first-order chi connectivity index (χ1) is 3.00. The van der Waals surface area contributed by atoms with Gasteiger partial charge in [0.2, 0.25) is 0 Å². The van der Waals surface area contributed by atoms with Crippen molar-refractivity contribution >= 4 is 15.0 Å². The average molecular weight is 189 g/mol. The molecule has 1 heterocycles. The zero-order chi connectivity index (χ0) is 4.24. The van der Waals surface area contributed by atoms with Crippen molar-refractivity contribution in [1.29, 1.82) is 0 Å². The third-order valence-electron chi connectivity index (χ3n) is 1.08. The molecule has 7 heavy (non-hydrogen) atoms. The Morgan fingerprint density at radius 1 is 1.00 bits per heavy atom. The first-order valence-electron chi connectivity index (χ1n) is 2.58. The molecule has 0 spiro atoms. The monoisotopic (exact) mass is 190 g/mol. The minimum atomic E-state index is 0. The van der Waals surface area contributed by atoms with E-state index in [2.05, 4.69) is 0 Å². The Hall–Kier alpha value is 2.16. The molecular formula is C5H11KSe. The van der Waals surface area contributed by atoms with Crippen LogP contribution in [0, 0.1) is 0 Å². The van der Waals surface area contributed by atoms with Crippen molar-refractivity contribution in [2.45, 2.75) is 29.9 Å². The Bertz CT molecular complexity index is 27.9.